The maximum atomic E-state index is 13.6. The van der Waals surface area contributed by atoms with E-state index in [0.29, 0.717) is 36.1 Å². The lowest BCUT2D eigenvalue weighted by Crippen LogP contribution is -2.43. The summed E-state index contributed by atoms with van der Waals surface area (Å²) in [6, 6.07) is 19.0. The predicted octanol–water partition coefficient (Wildman–Crippen LogP) is 4.16. The van der Waals surface area contributed by atoms with Crippen molar-refractivity contribution < 1.29 is 19.1 Å². The molecule has 2 aliphatic rings. The number of carbonyl (C=O) groups is 2. The Hall–Kier alpha value is -3.74. The molecule has 1 fully saturated rings. The summed E-state index contributed by atoms with van der Waals surface area (Å²) >= 11 is 0. The van der Waals surface area contributed by atoms with Gasteiger partial charge in [-0.05, 0) is 42.7 Å². The van der Waals surface area contributed by atoms with Gasteiger partial charge < -0.3 is 19.8 Å². The number of amides is 2. The summed E-state index contributed by atoms with van der Waals surface area (Å²) in [5.41, 5.74) is 2.83. The average molecular weight is 446 g/mol. The second kappa shape index (κ2) is 9.40. The molecule has 0 atom stereocenters. The number of nitrogens with zero attached hydrogens (tertiary/aromatic N) is 1. The van der Waals surface area contributed by atoms with Gasteiger partial charge in [0.1, 0.15) is 25.5 Å². The number of fused-ring (bicyclic) bond motifs is 1. The Labute approximate surface area is 192 Å². The van der Waals surface area contributed by atoms with Crippen LogP contribution in [0.25, 0.3) is 11.3 Å². The van der Waals surface area contributed by atoms with Crippen LogP contribution in [0.3, 0.4) is 0 Å². The molecule has 2 amide bonds. The third-order valence-corrected chi connectivity index (χ3v) is 6.11. The Morgan fingerprint density at radius 1 is 0.939 bits per heavy atom. The van der Waals surface area contributed by atoms with Crippen LogP contribution in [0, 0.1) is 0 Å². The van der Waals surface area contributed by atoms with E-state index in [0.717, 1.165) is 36.9 Å². The minimum atomic E-state index is -0.282. The molecule has 1 aromatic heterocycles. The number of nitrogens with one attached hydrogen (secondary N) is 2. The van der Waals surface area contributed by atoms with Gasteiger partial charge in [-0.2, -0.15) is 0 Å². The molecule has 0 radical (unpaired) electrons. The predicted molar refractivity (Wildman–Crippen MR) is 126 cm³/mol. The zero-order valence-corrected chi connectivity index (χ0v) is 18.4. The van der Waals surface area contributed by atoms with Crippen LogP contribution in [-0.4, -0.2) is 42.6 Å². The molecule has 2 aromatic carbocycles. The van der Waals surface area contributed by atoms with Gasteiger partial charge in [0, 0.05) is 23.5 Å². The lowest BCUT2D eigenvalue weighted by atomic mass is 10.2. The Balaban J connectivity index is 1.42. The Bertz CT molecular complexity index is 1140. The van der Waals surface area contributed by atoms with Crippen LogP contribution in [-0.2, 0) is 4.79 Å². The van der Waals surface area contributed by atoms with Crippen LogP contribution < -0.4 is 19.7 Å². The standard InChI is InChI=1S/C26H27N3O4/c30-25(27-19-8-4-5-9-19)17-29(20-10-13-23-24(16-20)33-15-14-32-23)26(31)22-12-11-21(28-22)18-6-2-1-3-7-18/h1-3,6-7,10-13,16,19,28H,4-5,8-9,14-15,17H2,(H,27,30). The first-order valence-corrected chi connectivity index (χ1v) is 11.4. The van der Waals surface area contributed by atoms with Gasteiger partial charge in [0.25, 0.3) is 5.91 Å². The van der Waals surface area contributed by atoms with E-state index in [1.807, 2.05) is 36.4 Å². The van der Waals surface area contributed by atoms with Crippen LogP contribution in [0.2, 0.25) is 0 Å². The number of aromatic nitrogens is 1. The Morgan fingerprint density at radius 3 is 2.48 bits per heavy atom. The molecule has 1 aliphatic carbocycles. The number of rotatable bonds is 6. The van der Waals surface area contributed by atoms with Crippen molar-refractivity contribution in [2.45, 2.75) is 31.7 Å². The van der Waals surface area contributed by atoms with E-state index in [-0.39, 0.29) is 24.4 Å². The summed E-state index contributed by atoms with van der Waals surface area (Å²) in [6.45, 7) is 0.863. The van der Waals surface area contributed by atoms with Crippen molar-refractivity contribution in [2.24, 2.45) is 0 Å². The summed E-state index contributed by atoms with van der Waals surface area (Å²) in [6.07, 6.45) is 4.22. The molecule has 5 rings (SSSR count). The van der Waals surface area contributed by atoms with Gasteiger partial charge in [0.15, 0.2) is 11.5 Å². The molecule has 0 spiro atoms. The van der Waals surface area contributed by atoms with E-state index in [4.69, 9.17) is 9.47 Å². The van der Waals surface area contributed by atoms with E-state index >= 15 is 0 Å². The van der Waals surface area contributed by atoms with Crippen LogP contribution in [0.1, 0.15) is 36.2 Å². The van der Waals surface area contributed by atoms with Gasteiger partial charge in [-0.25, -0.2) is 0 Å². The third-order valence-electron chi connectivity index (χ3n) is 6.11. The molecule has 3 aromatic rings. The summed E-state index contributed by atoms with van der Waals surface area (Å²) < 4.78 is 11.3. The normalized spacial score (nSPS) is 15.3. The number of anilines is 1. The molecular formula is C26H27N3O4. The summed E-state index contributed by atoms with van der Waals surface area (Å²) in [5.74, 6) is 0.763. The van der Waals surface area contributed by atoms with E-state index in [2.05, 4.69) is 10.3 Å². The molecule has 7 nitrogen and oxygen atoms in total. The summed E-state index contributed by atoms with van der Waals surface area (Å²) in [7, 11) is 0. The van der Waals surface area contributed by atoms with Crippen LogP contribution in [0.15, 0.2) is 60.7 Å². The molecule has 1 saturated carbocycles. The Kier molecular flexibility index (Phi) is 6.02. The first kappa shape index (κ1) is 21.1. The highest BCUT2D eigenvalue weighted by atomic mass is 16.6. The monoisotopic (exact) mass is 445 g/mol. The first-order valence-electron chi connectivity index (χ1n) is 11.4. The molecule has 2 heterocycles. The zero-order valence-electron chi connectivity index (χ0n) is 18.4. The minimum Gasteiger partial charge on any atom is -0.486 e. The van der Waals surface area contributed by atoms with Crippen molar-refractivity contribution >= 4 is 17.5 Å². The van der Waals surface area contributed by atoms with Gasteiger partial charge in [-0.15, -0.1) is 0 Å². The topological polar surface area (TPSA) is 83.7 Å². The number of ether oxygens (including phenoxy) is 2. The molecule has 170 valence electrons. The third kappa shape index (κ3) is 4.72. The van der Waals surface area contributed by atoms with Gasteiger partial charge in [-0.3, -0.25) is 14.5 Å². The van der Waals surface area contributed by atoms with Gasteiger partial charge >= 0.3 is 0 Å². The second-order valence-electron chi connectivity index (χ2n) is 8.42. The zero-order chi connectivity index (χ0) is 22.6. The smallest absolute Gasteiger partial charge is 0.275 e. The fourth-order valence-corrected chi connectivity index (χ4v) is 4.42. The minimum absolute atomic E-state index is 0.0747. The molecule has 2 N–H and O–H groups in total. The number of hydrogen-bond acceptors (Lipinski definition) is 4. The van der Waals surface area contributed by atoms with Gasteiger partial charge in [-0.1, -0.05) is 43.2 Å². The van der Waals surface area contributed by atoms with Crippen LogP contribution in [0.5, 0.6) is 11.5 Å². The highest BCUT2D eigenvalue weighted by Crippen LogP contribution is 2.34. The highest BCUT2D eigenvalue weighted by molar-refractivity contribution is 6.08. The number of carbonyl (C=O) groups excluding carboxylic acids is 2. The number of hydrogen-bond donors (Lipinski definition) is 2. The fourth-order valence-electron chi connectivity index (χ4n) is 4.42. The van der Waals surface area contributed by atoms with Crippen LogP contribution in [0.4, 0.5) is 5.69 Å². The SMILES string of the molecule is O=C(CN(C(=O)c1ccc(-c2ccccc2)[nH]1)c1ccc2c(c1)OCCO2)NC1CCCC1. The van der Waals surface area contributed by atoms with E-state index < -0.39 is 0 Å². The van der Waals surface area contributed by atoms with Crippen molar-refractivity contribution in [1.82, 2.24) is 10.3 Å². The van der Waals surface area contributed by atoms with Crippen molar-refractivity contribution in [3.05, 3.63) is 66.4 Å². The molecule has 7 heteroatoms. The highest BCUT2D eigenvalue weighted by Gasteiger charge is 2.26. The van der Waals surface area contributed by atoms with Crippen molar-refractivity contribution in [2.75, 3.05) is 24.7 Å². The van der Waals surface area contributed by atoms with Crippen molar-refractivity contribution in [3.63, 3.8) is 0 Å². The fraction of sp³-hybridized carbons (Fsp3) is 0.308. The van der Waals surface area contributed by atoms with Gasteiger partial charge in [0.05, 0.1) is 0 Å². The molecular weight excluding hydrogens is 418 g/mol. The second-order valence-corrected chi connectivity index (χ2v) is 8.42. The average Bonchev–Trinajstić information content (AvgIpc) is 3.55. The van der Waals surface area contributed by atoms with E-state index in [9.17, 15) is 9.59 Å². The van der Waals surface area contributed by atoms with Crippen molar-refractivity contribution in [3.8, 4) is 22.8 Å². The first-order chi connectivity index (χ1) is 16.2. The molecule has 0 bridgehead atoms. The quantitative estimate of drug-likeness (QED) is 0.597. The maximum Gasteiger partial charge on any atom is 0.275 e. The van der Waals surface area contributed by atoms with Gasteiger partial charge in [0.2, 0.25) is 5.91 Å². The van der Waals surface area contributed by atoms with E-state index in [1.165, 1.54) is 4.90 Å². The lowest BCUT2D eigenvalue weighted by Gasteiger charge is -2.25. The van der Waals surface area contributed by atoms with E-state index in [1.54, 1.807) is 24.3 Å². The summed E-state index contributed by atoms with van der Waals surface area (Å²) in [5, 5.41) is 3.08. The van der Waals surface area contributed by atoms with Crippen molar-refractivity contribution in [1.29, 1.82) is 0 Å². The molecule has 33 heavy (non-hydrogen) atoms. The lowest BCUT2D eigenvalue weighted by molar-refractivity contribution is -0.120. The summed E-state index contributed by atoms with van der Waals surface area (Å²) in [4.78, 5) is 31.1. The van der Waals surface area contributed by atoms with Crippen LogP contribution >= 0.6 is 0 Å². The molecule has 1 aliphatic heterocycles. The number of aromatic amines is 1. The largest absolute Gasteiger partial charge is 0.486 e. The molecule has 0 unspecified atom stereocenters. The number of benzene rings is 2. The maximum absolute atomic E-state index is 13.6. The number of H-pyrrole nitrogens is 1. The Morgan fingerprint density at radius 2 is 1.70 bits per heavy atom. The molecule has 0 saturated heterocycles.